The SMILES string of the molecule is O=C(COc1ccc([N+](=O)[O-])cc1)NCCc1ccc(OC(F)(F)F)cc1. The third-order valence-corrected chi connectivity index (χ3v) is 3.31. The second kappa shape index (κ2) is 8.88. The molecular weight excluding hydrogens is 369 g/mol. The Labute approximate surface area is 151 Å². The van der Waals surface area contributed by atoms with E-state index in [0.717, 1.165) is 5.56 Å². The Bertz CT molecular complexity index is 777. The molecule has 1 N–H and O–H groups in total. The number of hydrogen-bond acceptors (Lipinski definition) is 5. The fourth-order valence-electron chi connectivity index (χ4n) is 2.07. The molecule has 2 aromatic rings. The number of carbonyl (C=O) groups is 1. The van der Waals surface area contributed by atoms with Crippen LogP contribution in [0.2, 0.25) is 0 Å². The van der Waals surface area contributed by atoms with Gasteiger partial charge in [-0.05, 0) is 36.2 Å². The highest BCUT2D eigenvalue weighted by molar-refractivity contribution is 5.77. The standard InChI is InChI=1S/C17H15F3N2O5/c18-17(19,20)27-15-5-1-12(2-6-15)9-10-21-16(23)11-26-14-7-3-13(4-8-14)22(24)25/h1-8H,9-11H2,(H,21,23). The predicted molar refractivity (Wildman–Crippen MR) is 88.4 cm³/mol. The Hall–Kier alpha value is -3.30. The van der Waals surface area contributed by atoms with Crippen LogP contribution in [0.15, 0.2) is 48.5 Å². The number of non-ortho nitro benzene ring substituents is 1. The number of halogens is 3. The molecule has 0 heterocycles. The maximum absolute atomic E-state index is 12.1. The van der Waals surface area contributed by atoms with Gasteiger partial charge in [0, 0.05) is 18.7 Å². The Balaban J connectivity index is 1.70. The number of amides is 1. The molecule has 0 unspecified atom stereocenters. The molecule has 27 heavy (non-hydrogen) atoms. The first-order valence-electron chi connectivity index (χ1n) is 7.71. The number of ether oxygens (including phenoxy) is 2. The molecule has 0 radical (unpaired) electrons. The van der Waals surface area contributed by atoms with Crippen LogP contribution < -0.4 is 14.8 Å². The van der Waals surface area contributed by atoms with Crippen molar-refractivity contribution in [3.63, 3.8) is 0 Å². The van der Waals surface area contributed by atoms with Crippen LogP contribution in [0.25, 0.3) is 0 Å². The van der Waals surface area contributed by atoms with Crippen molar-refractivity contribution in [1.29, 1.82) is 0 Å². The van der Waals surface area contributed by atoms with E-state index in [0.29, 0.717) is 12.2 Å². The summed E-state index contributed by atoms with van der Waals surface area (Å²) in [5, 5.41) is 13.1. The summed E-state index contributed by atoms with van der Waals surface area (Å²) in [6.45, 7) is -0.00188. The molecule has 0 fully saturated rings. The molecule has 0 aromatic heterocycles. The van der Waals surface area contributed by atoms with Crippen molar-refractivity contribution in [2.75, 3.05) is 13.2 Å². The van der Waals surface area contributed by atoms with Crippen molar-refractivity contribution in [3.05, 3.63) is 64.2 Å². The van der Waals surface area contributed by atoms with Crippen LogP contribution in [0.3, 0.4) is 0 Å². The van der Waals surface area contributed by atoms with Gasteiger partial charge in [0.1, 0.15) is 11.5 Å². The number of hydrogen-bond donors (Lipinski definition) is 1. The van der Waals surface area contributed by atoms with Gasteiger partial charge in [-0.1, -0.05) is 12.1 Å². The van der Waals surface area contributed by atoms with E-state index in [2.05, 4.69) is 10.1 Å². The minimum Gasteiger partial charge on any atom is -0.484 e. The Kier molecular flexibility index (Phi) is 6.58. The number of benzene rings is 2. The van der Waals surface area contributed by atoms with Gasteiger partial charge in [-0.2, -0.15) is 0 Å². The lowest BCUT2D eigenvalue weighted by atomic mass is 10.1. The second-order valence-corrected chi connectivity index (χ2v) is 5.33. The summed E-state index contributed by atoms with van der Waals surface area (Å²) in [4.78, 5) is 21.7. The fourth-order valence-corrected chi connectivity index (χ4v) is 2.07. The van der Waals surface area contributed by atoms with Gasteiger partial charge in [0.2, 0.25) is 0 Å². The topological polar surface area (TPSA) is 90.7 Å². The van der Waals surface area contributed by atoms with E-state index in [1.165, 1.54) is 48.5 Å². The second-order valence-electron chi connectivity index (χ2n) is 5.33. The average Bonchev–Trinajstić information content (AvgIpc) is 2.60. The largest absolute Gasteiger partial charge is 0.573 e. The van der Waals surface area contributed by atoms with Gasteiger partial charge >= 0.3 is 6.36 Å². The monoisotopic (exact) mass is 384 g/mol. The molecule has 144 valence electrons. The molecule has 0 atom stereocenters. The summed E-state index contributed by atoms with van der Waals surface area (Å²) in [6.07, 6.45) is -4.32. The van der Waals surface area contributed by atoms with Crippen LogP contribution >= 0.6 is 0 Å². The molecule has 0 saturated heterocycles. The van der Waals surface area contributed by atoms with Crippen LogP contribution in [0.5, 0.6) is 11.5 Å². The first kappa shape index (κ1) is 20.0. The molecule has 7 nitrogen and oxygen atoms in total. The zero-order valence-corrected chi connectivity index (χ0v) is 13.9. The fraction of sp³-hybridized carbons (Fsp3) is 0.235. The Morgan fingerprint density at radius 3 is 2.19 bits per heavy atom. The summed E-state index contributed by atoms with van der Waals surface area (Å²) < 4.78 is 45.2. The zero-order valence-electron chi connectivity index (χ0n) is 13.9. The molecule has 0 aliphatic carbocycles. The van der Waals surface area contributed by atoms with Gasteiger partial charge in [-0.15, -0.1) is 13.2 Å². The molecule has 10 heteroatoms. The third-order valence-electron chi connectivity index (χ3n) is 3.31. The minimum absolute atomic E-state index is 0.0848. The van der Waals surface area contributed by atoms with Crippen molar-refractivity contribution in [1.82, 2.24) is 5.32 Å². The van der Waals surface area contributed by atoms with Crippen LogP contribution in [-0.4, -0.2) is 30.3 Å². The molecule has 0 bridgehead atoms. The summed E-state index contributed by atoms with van der Waals surface area (Å²) in [5.41, 5.74) is 0.638. The van der Waals surface area contributed by atoms with Crippen molar-refractivity contribution in [2.45, 2.75) is 12.8 Å². The van der Waals surface area contributed by atoms with E-state index in [1.807, 2.05) is 0 Å². The summed E-state index contributed by atoms with van der Waals surface area (Å²) in [5.74, 6) is -0.395. The summed E-state index contributed by atoms with van der Waals surface area (Å²) in [6, 6.07) is 10.6. The van der Waals surface area contributed by atoms with E-state index < -0.39 is 17.2 Å². The van der Waals surface area contributed by atoms with E-state index in [1.54, 1.807) is 0 Å². The lowest BCUT2D eigenvalue weighted by molar-refractivity contribution is -0.384. The Morgan fingerprint density at radius 1 is 1.04 bits per heavy atom. The van der Waals surface area contributed by atoms with Crippen LogP contribution in [0, 0.1) is 10.1 Å². The van der Waals surface area contributed by atoms with E-state index >= 15 is 0 Å². The number of nitro benzene ring substituents is 1. The highest BCUT2D eigenvalue weighted by atomic mass is 19.4. The molecule has 2 aromatic carbocycles. The predicted octanol–water partition coefficient (Wildman–Crippen LogP) is 3.23. The maximum Gasteiger partial charge on any atom is 0.573 e. The van der Waals surface area contributed by atoms with Gasteiger partial charge in [0.15, 0.2) is 6.61 Å². The van der Waals surface area contributed by atoms with Crippen molar-refractivity contribution >= 4 is 11.6 Å². The van der Waals surface area contributed by atoms with Gasteiger partial charge < -0.3 is 14.8 Å². The number of rotatable bonds is 8. The summed E-state index contributed by atoms with van der Waals surface area (Å²) in [7, 11) is 0. The molecule has 0 saturated carbocycles. The number of alkyl halides is 3. The Morgan fingerprint density at radius 2 is 1.63 bits per heavy atom. The van der Waals surface area contributed by atoms with Crippen LogP contribution in [0.1, 0.15) is 5.56 Å². The van der Waals surface area contributed by atoms with Gasteiger partial charge in [0.05, 0.1) is 4.92 Å². The lowest BCUT2D eigenvalue weighted by Gasteiger charge is -2.10. The average molecular weight is 384 g/mol. The highest BCUT2D eigenvalue weighted by Gasteiger charge is 2.30. The quantitative estimate of drug-likeness (QED) is 0.557. The zero-order chi connectivity index (χ0) is 19.9. The number of nitro groups is 1. The van der Waals surface area contributed by atoms with E-state index in [-0.39, 0.29) is 24.6 Å². The third kappa shape index (κ3) is 7.22. The van der Waals surface area contributed by atoms with Gasteiger partial charge in [0.25, 0.3) is 11.6 Å². The molecular formula is C17H15F3N2O5. The van der Waals surface area contributed by atoms with Crippen LogP contribution in [-0.2, 0) is 11.2 Å². The first-order valence-corrected chi connectivity index (χ1v) is 7.71. The molecule has 0 spiro atoms. The lowest BCUT2D eigenvalue weighted by Crippen LogP contribution is -2.30. The normalized spacial score (nSPS) is 10.9. The minimum atomic E-state index is -4.74. The number of nitrogens with zero attached hydrogens (tertiary/aromatic N) is 1. The van der Waals surface area contributed by atoms with E-state index in [4.69, 9.17) is 4.74 Å². The smallest absolute Gasteiger partial charge is 0.484 e. The molecule has 0 aliphatic heterocycles. The number of nitrogens with one attached hydrogen (secondary N) is 1. The van der Waals surface area contributed by atoms with Crippen LogP contribution in [0.4, 0.5) is 18.9 Å². The van der Waals surface area contributed by atoms with Crippen molar-refractivity contribution < 1.29 is 32.4 Å². The highest BCUT2D eigenvalue weighted by Crippen LogP contribution is 2.22. The van der Waals surface area contributed by atoms with Crippen molar-refractivity contribution in [2.24, 2.45) is 0 Å². The van der Waals surface area contributed by atoms with Crippen molar-refractivity contribution in [3.8, 4) is 11.5 Å². The molecule has 0 aliphatic rings. The number of carbonyl (C=O) groups excluding carboxylic acids is 1. The first-order chi connectivity index (χ1) is 12.7. The van der Waals surface area contributed by atoms with Gasteiger partial charge in [-0.25, -0.2) is 0 Å². The summed E-state index contributed by atoms with van der Waals surface area (Å²) >= 11 is 0. The van der Waals surface area contributed by atoms with E-state index in [9.17, 15) is 28.1 Å². The maximum atomic E-state index is 12.1. The molecule has 1 amide bonds. The molecule has 2 rings (SSSR count). The van der Waals surface area contributed by atoms with Gasteiger partial charge in [-0.3, -0.25) is 14.9 Å².